The molecule has 0 fully saturated rings. The highest BCUT2D eigenvalue weighted by molar-refractivity contribution is 6.17. The lowest BCUT2D eigenvalue weighted by atomic mass is 10.0. The Bertz CT molecular complexity index is 887. The SMILES string of the molecule is CCCCCCCCCCCCCCCCCC(=O)NC(=O)N(C(=O)CCCCCCCCCCCCCCCCC)c1ccccc1. The summed E-state index contributed by atoms with van der Waals surface area (Å²) in [6.45, 7) is 4.54. The molecule has 1 aromatic rings. The van der Waals surface area contributed by atoms with Crippen LogP contribution in [0.1, 0.15) is 219 Å². The number of anilines is 1. The normalized spacial score (nSPS) is 11.1. The zero-order chi connectivity index (χ0) is 34.8. The van der Waals surface area contributed by atoms with E-state index in [0.717, 1.165) is 43.4 Å². The molecule has 1 aromatic carbocycles. The minimum atomic E-state index is -0.627. The first-order chi connectivity index (χ1) is 23.6. The van der Waals surface area contributed by atoms with Crippen molar-refractivity contribution in [1.82, 2.24) is 5.32 Å². The van der Waals surface area contributed by atoms with Gasteiger partial charge in [-0.25, -0.2) is 9.69 Å². The molecule has 276 valence electrons. The Labute approximate surface area is 297 Å². The van der Waals surface area contributed by atoms with Gasteiger partial charge in [0.15, 0.2) is 0 Å². The van der Waals surface area contributed by atoms with Gasteiger partial charge < -0.3 is 0 Å². The largest absolute Gasteiger partial charge is 0.335 e. The van der Waals surface area contributed by atoms with Gasteiger partial charge in [-0.2, -0.15) is 0 Å². The van der Waals surface area contributed by atoms with Gasteiger partial charge in [-0.05, 0) is 25.0 Å². The van der Waals surface area contributed by atoms with Gasteiger partial charge in [-0.1, -0.05) is 212 Å². The lowest BCUT2D eigenvalue weighted by Crippen LogP contribution is -2.46. The van der Waals surface area contributed by atoms with E-state index in [-0.39, 0.29) is 11.8 Å². The fourth-order valence-electron chi connectivity index (χ4n) is 6.61. The third kappa shape index (κ3) is 25.8. The predicted octanol–water partition coefficient (Wildman–Crippen LogP) is 13.8. The van der Waals surface area contributed by atoms with E-state index in [9.17, 15) is 14.4 Å². The van der Waals surface area contributed by atoms with Crippen LogP contribution in [0.3, 0.4) is 0 Å². The number of nitrogens with zero attached hydrogens (tertiary/aromatic N) is 1. The lowest BCUT2D eigenvalue weighted by Gasteiger charge is -2.21. The molecule has 0 aromatic heterocycles. The second-order valence-electron chi connectivity index (χ2n) is 14.3. The summed E-state index contributed by atoms with van der Waals surface area (Å²) in [5.74, 6) is -0.538. The molecule has 48 heavy (non-hydrogen) atoms. The fraction of sp³-hybridized carbons (Fsp3) is 0.791. The summed E-state index contributed by atoms with van der Waals surface area (Å²) >= 11 is 0. The average molecular weight is 669 g/mol. The van der Waals surface area contributed by atoms with Crippen LogP contribution in [0.15, 0.2) is 30.3 Å². The van der Waals surface area contributed by atoms with Gasteiger partial charge >= 0.3 is 6.03 Å². The number of urea groups is 1. The first kappa shape index (κ1) is 43.9. The molecule has 0 radical (unpaired) electrons. The van der Waals surface area contributed by atoms with Crippen molar-refractivity contribution in [3.8, 4) is 0 Å². The van der Waals surface area contributed by atoms with E-state index in [1.54, 1.807) is 12.1 Å². The summed E-state index contributed by atoms with van der Waals surface area (Å²) in [4.78, 5) is 40.0. The highest BCUT2D eigenvalue weighted by atomic mass is 16.2. The molecule has 1 N–H and O–H groups in total. The maximum atomic E-state index is 13.2. The lowest BCUT2D eigenvalue weighted by molar-refractivity contribution is -0.120. The maximum absolute atomic E-state index is 13.2. The van der Waals surface area contributed by atoms with E-state index in [0.29, 0.717) is 18.5 Å². The molecule has 0 saturated heterocycles. The van der Waals surface area contributed by atoms with Gasteiger partial charge in [-0.3, -0.25) is 14.9 Å². The molecule has 0 heterocycles. The van der Waals surface area contributed by atoms with Crippen molar-refractivity contribution in [2.24, 2.45) is 0 Å². The molecule has 0 bridgehead atoms. The fourth-order valence-corrected chi connectivity index (χ4v) is 6.61. The maximum Gasteiger partial charge on any atom is 0.335 e. The molecule has 4 amide bonds. The second-order valence-corrected chi connectivity index (χ2v) is 14.3. The van der Waals surface area contributed by atoms with Crippen LogP contribution in [0.5, 0.6) is 0 Å². The highest BCUT2D eigenvalue weighted by Gasteiger charge is 2.24. The van der Waals surface area contributed by atoms with Crippen LogP contribution in [0.2, 0.25) is 0 Å². The number of hydrogen-bond donors (Lipinski definition) is 1. The van der Waals surface area contributed by atoms with Crippen LogP contribution >= 0.6 is 0 Å². The number of carbonyl (C=O) groups is 3. The van der Waals surface area contributed by atoms with Crippen LogP contribution in [0, 0.1) is 0 Å². The number of imide groups is 2. The number of rotatable bonds is 33. The van der Waals surface area contributed by atoms with Crippen molar-refractivity contribution in [2.45, 2.75) is 219 Å². The third-order valence-electron chi connectivity index (χ3n) is 9.71. The minimum absolute atomic E-state index is 0.242. The summed E-state index contributed by atoms with van der Waals surface area (Å²) in [7, 11) is 0. The molecule has 5 heteroatoms. The van der Waals surface area contributed by atoms with E-state index in [4.69, 9.17) is 0 Å². The summed E-state index contributed by atoms with van der Waals surface area (Å²) in [6.07, 6.45) is 38.8. The first-order valence-electron chi connectivity index (χ1n) is 20.8. The topological polar surface area (TPSA) is 66.5 Å². The van der Waals surface area contributed by atoms with Crippen molar-refractivity contribution < 1.29 is 14.4 Å². The summed E-state index contributed by atoms with van der Waals surface area (Å²) < 4.78 is 0. The van der Waals surface area contributed by atoms with Crippen molar-refractivity contribution >= 4 is 23.5 Å². The number of para-hydroxylation sites is 1. The van der Waals surface area contributed by atoms with Crippen LogP contribution < -0.4 is 10.2 Å². The van der Waals surface area contributed by atoms with Crippen LogP contribution in [-0.4, -0.2) is 17.8 Å². The van der Waals surface area contributed by atoms with Gasteiger partial charge in [0.2, 0.25) is 11.8 Å². The van der Waals surface area contributed by atoms with E-state index in [1.807, 2.05) is 18.2 Å². The number of hydrogen-bond acceptors (Lipinski definition) is 3. The van der Waals surface area contributed by atoms with Gasteiger partial charge in [0.1, 0.15) is 0 Å². The van der Waals surface area contributed by atoms with E-state index in [2.05, 4.69) is 19.2 Å². The minimum Gasteiger partial charge on any atom is -0.277 e. The molecule has 0 spiro atoms. The third-order valence-corrected chi connectivity index (χ3v) is 9.71. The van der Waals surface area contributed by atoms with E-state index in [1.165, 1.54) is 154 Å². The molecule has 0 aliphatic heterocycles. The number of benzene rings is 1. The number of unbranched alkanes of at least 4 members (excludes halogenated alkanes) is 28. The Kier molecular flexibility index (Phi) is 30.5. The molecular formula is C43H76N2O3. The Hall–Kier alpha value is -2.17. The quantitative estimate of drug-likeness (QED) is 0.0758. The van der Waals surface area contributed by atoms with Crippen molar-refractivity contribution in [2.75, 3.05) is 4.90 Å². The van der Waals surface area contributed by atoms with Gasteiger partial charge in [0, 0.05) is 12.8 Å². The Balaban J connectivity index is 2.15. The Morgan fingerprint density at radius 3 is 1.10 bits per heavy atom. The zero-order valence-corrected chi connectivity index (χ0v) is 31.7. The molecule has 0 atom stereocenters. The number of nitrogens with one attached hydrogen (secondary N) is 1. The monoisotopic (exact) mass is 669 g/mol. The summed E-state index contributed by atoms with van der Waals surface area (Å²) in [5.41, 5.74) is 0.515. The Morgan fingerprint density at radius 2 is 0.750 bits per heavy atom. The van der Waals surface area contributed by atoms with Crippen molar-refractivity contribution in [3.05, 3.63) is 30.3 Å². The molecule has 5 nitrogen and oxygen atoms in total. The Morgan fingerprint density at radius 1 is 0.438 bits per heavy atom. The predicted molar refractivity (Wildman–Crippen MR) is 207 cm³/mol. The molecular weight excluding hydrogens is 592 g/mol. The summed E-state index contributed by atoms with van der Waals surface area (Å²) in [6, 6.07) is 8.37. The average Bonchev–Trinajstić information content (AvgIpc) is 3.08. The zero-order valence-electron chi connectivity index (χ0n) is 31.7. The molecule has 0 aliphatic rings. The van der Waals surface area contributed by atoms with Gasteiger partial charge in [-0.15, -0.1) is 0 Å². The molecule has 0 unspecified atom stereocenters. The van der Waals surface area contributed by atoms with Crippen LogP contribution in [-0.2, 0) is 9.59 Å². The second kappa shape index (κ2) is 33.3. The molecule has 0 saturated carbocycles. The summed E-state index contributed by atoms with van der Waals surface area (Å²) in [5, 5.41) is 2.49. The van der Waals surface area contributed by atoms with Crippen LogP contribution in [0.25, 0.3) is 0 Å². The van der Waals surface area contributed by atoms with E-state index < -0.39 is 6.03 Å². The number of amides is 4. The van der Waals surface area contributed by atoms with E-state index >= 15 is 0 Å². The number of carbonyl (C=O) groups excluding carboxylic acids is 3. The first-order valence-corrected chi connectivity index (χ1v) is 20.8. The smallest absolute Gasteiger partial charge is 0.277 e. The van der Waals surface area contributed by atoms with Gasteiger partial charge in [0.25, 0.3) is 0 Å². The van der Waals surface area contributed by atoms with Crippen LogP contribution in [0.4, 0.5) is 10.5 Å². The highest BCUT2D eigenvalue weighted by Crippen LogP contribution is 2.18. The molecule has 1 rings (SSSR count). The van der Waals surface area contributed by atoms with Gasteiger partial charge in [0.05, 0.1) is 5.69 Å². The molecule has 0 aliphatic carbocycles. The van der Waals surface area contributed by atoms with Crippen molar-refractivity contribution in [1.29, 1.82) is 0 Å². The van der Waals surface area contributed by atoms with Crippen molar-refractivity contribution in [3.63, 3.8) is 0 Å². The standard InChI is InChI=1S/C43H76N2O3/c1-3-5-7-9-11-13-15-17-19-21-23-25-27-29-34-38-41(46)44-43(48)45(40-36-32-31-33-37-40)42(47)39-35-30-28-26-24-22-20-18-16-14-12-10-8-6-4-2/h31-33,36-37H,3-30,34-35,38-39H2,1-2H3,(H,44,46,48).